The molecule has 0 bridgehead atoms. The van der Waals surface area contributed by atoms with Gasteiger partial charge in [-0.25, -0.2) is 14.0 Å². The molecule has 4 rings (SSSR count). The summed E-state index contributed by atoms with van der Waals surface area (Å²) in [6, 6.07) is 3.73. The van der Waals surface area contributed by atoms with Crippen LogP contribution in [0.2, 0.25) is 0 Å². The van der Waals surface area contributed by atoms with Gasteiger partial charge in [0.1, 0.15) is 11.4 Å². The zero-order valence-corrected chi connectivity index (χ0v) is 22.8. The lowest BCUT2D eigenvalue weighted by molar-refractivity contribution is -0.143. The molecule has 1 aliphatic carbocycles. The van der Waals surface area contributed by atoms with Gasteiger partial charge in [0.05, 0.1) is 22.7 Å². The third kappa shape index (κ3) is 6.87. The number of ether oxygens (including phenoxy) is 1. The van der Waals surface area contributed by atoms with Crippen molar-refractivity contribution in [2.45, 2.75) is 70.1 Å². The van der Waals surface area contributed by atoms with Gasteiger partial charge >= 0.3 is 24.5 Å². The molecule has 2 fully saturated rings. The maximum absolute atomic E-state index is 13.9. The van der Waals surface area contributed by atoms with Crippen LogP contribution in [0.5, 0.6) is 0 Å². The van der Waals surface area contributed by atoms with Crippen LogP contribution >= 0.6 is 0 Å². The molecule has 41 heavy (non-hydrogen) atoms. The van der Waals surface area contributed by atoms with Crippen LogP contribution in [0.1, 0.15) is 67.5 Å². The zero-order valence-electron chi connectivity index (χ0n) is 22.8. The van der Waals surface area contributed by atoms with Crippen LogP contribution in [-0.2, 0) is 22.6 Å². The fraction of sp³-hybridized carbons (Fsp3) is 0.500. The van der Waals surface area contributed by atoms with Crippen LogP contribution in [0.15, 0.2) is 36.4 Å². The summed E-state index contributed by atoms with van der Waals surface area (Å²) in [6.07, 6.45) is -10.4. The van der Waals surface area contributed by atoms with E-state index < -0.39 is 58.6 Å². The molecule has 2 aromatic carbocycles. The third-order valence-electron chi connectivity index (χ3n) is 7.12. The van der Waals surface area contributed by atoms with E-state index in [1.54, 1.807) is 27.7 Å². The largest absolute Gasteiger partial charge is 0.444 e. The van der Waals surface area contributed by atoms with Crippen molar-refractivity contribution in [3.8, 4) is 0 Å². The molecule has 1 saturated carbocycles. The fourth-order valence-corrected chi connectivity index (χ4v) is 4.92. The van der Waals surface area contributed by atoms with Crippen molar-refractivity contribution in [3.05, 3.63) is 70.0 Å². The van der Waals surface area contributed by atoms with E-state index >= 15 is 0 Å². The van der Waals surface area contributed by atoms with Gasteiger partial charge in [-0.2, -0.15) is 26.3 Å². The van der Waals surface area contributed by atoms with Crippen LogP contribution in [0.4, 0.5) is 40.3 Å². The lowest BCUT2D eigenvalue weighted by atomic mass is 9.96. The first-order chi connectivity index (χ1) is 18.8. The average Bonchev–Trinajstić information content (AvgIpc) is 3.62. The number of rotatable bonds is 3. The molecule has 13 heteroatoms. The average molecular weight is 590 g/mol. The quantitative estimate of drug-likeness (QED) is 0.387. The lowest BCUT2D eigenvalue weighted by Gasteiger charge is -2.42. The monoisotopic (exact) mass is 589 g/mol. The van der Waals surface area contributed by atoms with Gasteiger partial charge < -0.3 is 19.9 Å². The van der Waals surface area contributed by atoms with Gasteiger partial charge in [-0.3, -0.25) is 0 Å². The molecule has 1 saturated heterocycles. The zero-order chi connectivity index (χ0) is 30.5. The van der Waals surface area contributed by atoms with Crippen molar-refractivity contribution in [1.29, 1.82) is 0 Å². The minimum absolute atomic E-state index is 0.0149. The predicted octanol–water partition coefficient (Wildman–Crippen LogP) is 7.16. The number of urea groups is 1. The first kappa shape index (κ1) is 30.4. The maximum Gasteiger partial charge on any atom is 0.416 e. The van der Waals surface area contributed by atoms with E-state index in [0.29, 0.717) is 23.3 Å². The van der Waals surface area contributed by atoms with Crippen molar-refractivity contribution >= 4 is 12.1 Å². The molecule has 2 aliphatic rings. The molecule has 0 radical (unpaired) electrons. The SMILES string of the molecule is Cc1cc(F)ccc1C1CN(C(=O)OC(C)(C)C)CCN1C(=O)NC1(c2cc(C(F)(F)F)cc(C(F)(F)F)c2)CC1. The van der Waals surface area contributed by atoms with Crippen molar-refractivity contribution in [2.24, 2.45) is 0 Å². The summed E-state index contributed by atoms with van der Waals surface area (Å²) < 4.78 is 100. The maximum atomic E-state index is 13.9. The van der Waals surface area contributed by atoms with E-state index in [-0.39, 0.29) is 44.1 Å². The van der Waals surface area contributed by atoms with Gasteiger partial charge in [-0.15, -0.1) is 0 Å². The van der Waals surface area contributed by atoms with Gasteiger partial charge in [0.15, 0.2) is 0 Å². The van der Waals surface area contributed by atoms with E-state index in [2.05, 4.69) is 5.32 Å². The smallest absolute Gasteiger partial charge is 0.416 e. The predicted molar refractivity (Wildman–Crippen MR) is 134 cm³/mol. The van der Waals surface area contributed by atoms with Gasteiger partial charge in [0.25, 0.3) is 0 Å². The summed E-state index contributed by atoms with van der Waals surface area (Å²) in [7, 11) is 0. The summed E-state index contributed by atoms with van der Waals surface area (Å²) in [5.41, 5.74) is -4.42. The van der Waals surface area contributed by atoms with E-state index in [1.807, 2.05) is 0 Å². The lowest BCUT2D eigenvalue weighted by Crippen LogP contribution is -2.56. The summed E-state index contributed by atoms with van der Waals surface area (Å²) in [5, 5.41) is 2.67. The number of halogens is 7. The first-order valence-corrected chi connectivity index (χ1v) is 12.9. The Morgan fingerprint density at radius 2 is 1.51 bits per heavy atom. The number of nitrogens with one attached hydrogen (secondary N) is 1. The van der Waals surface area contributed by atoms with E-state index in [9.17, 15) is 40.3 Å². The molecule has 1 N–H and O–H groups in total. The number of carbonyl (C=O) groups excluding carboxylic acids is 2. The molecular weight excluding hydrogens is 559 g/mol. The molecule has 3 amide bonds. The highest BCUT2D eigenvalue weighted by Gasteiger charge is 2.50. The number of aryl methyl sites for hydroxylation is 1. The van der Waals surface area contributed by atoms with Crippen LogP contribution < -0.4 is 5.32 Å². The van der Waals surface area contributed by atoms with E-state index in [4.69, 9.17) is 4.74 Å². The fourth-order valence-electron chi connectivity index (χ4n) is 4.92. The van der Waals surface area contributed by atoms with Crippen molar-refractivity contribution < 1.29 is 45.1 Å². The second-order valence-electron chi connectivity index (χ2n) is 11.4. The first-order valence-electron chi connectivity index (χ1n) is 12.9. The molecular formula is C28H30F7N3O3. The van der Waals surface area contributed by atoms with E-state index in [0.717, 1.165) is 0 Å². The molecule has 0 aromatic heterocycles. The molecule has 0 spiro atoms. The highest BCUT2D eigenvalue weighted by molar-refractivity contribution is 5.77. The molecule has 1 unspecified atom stereocenters. The Labute approximate surface area is 232 Å². The van der Waals surface area contributed by atoms with E-state index in [1.165, 1.54) is 28.0 Å². The third-order valence-corrected chi connectivity index (χ3v) is 7.12. The number of amides is 3. The van der Waals surface area contributed by atoms with Crippen molar-refractivity contribution in [3.63, 3.8) is 0 Å². The number of hydrogen-bond donors (Lipinski definition) is 1. The summed E-state index contributed by atoms with van der Waals surface area (Å²) in [4.78, 5) is 29.2. The molecule has 1 aliphatic heterocycles. The van der Waals surface area contributed by atoms with Crippen LogP contribution in [-0.4, -0.2) is 47.2 Å². The summed E-state index contributed by atoms with van der Waals surface area (Å²) >= 11 is 0. The van der Waals surface area contributed by atoms with Gasteiger partial charge in [-0.05, 0) is 87.6 Å². The standard InChI is InChI=1S/C28H30F7N3O3/c1-16-11-20(29)5-6-21(16)22-15-37(24(40)41-25(2,3)4)9-10-38(22)23(39)36-26(7-8-26)17-12-18(27(30,31)32)14-19(13-17)28(33,34)35/h5-6,11-14,22H,7-10,15H2,1-4H3,(H,36,39). The second-order valence-corrected chi connectivity index (χ2v) is 11.4. The molecule has 2 aromatic rings. The second kappa shape index (κ2) is 10.4. The Kier molecular flexibility index (Phi) is 7.72. The van der Waals surface area contributed by atoms with Gasteiger partial charge in [0.2, 0.25) is 0 Å². The molecule has 1 atom stereocenters. The number of piperazine rings is 1. The number of nitrogens with zero attached hydrogens (tertiary/aromatic N) is 2. The summed E-state index contributed by atoms with van der Waals surface area (Å²) in [6.45, 7) is 6.75. The van der Waals surface area contributed by atoms with Gasteiger partial charge in [-0.1, -0.05) is 6.07 Å². The van der Waals surface area contributed by atoms with Crippen molar-refractivity contribution in [1.82, 2.24) is 15.1 Å². The highest BCUT2D eigenvalue weighted by Crippen LogP contribution is 2.49. The summed E-state index contributed by atoms with van der Waals surface area (Å²) in [5.74, 6) is -0.510. The molecule has 224 valence electrons. The normalized spacial score (nSPS) is 19.1. The minimum Gasteiger partial charge on any atom is -0.444 e. The number of hydrogen-bond acceptors (Lipinski definition) is 3. The molecule has 1 heterocycles. The molecule has 6 nitrogen and oxygen atoms in total. The van der Waals surface area contributed by atoms with Crippen LogP contribution in [0, 0.1) is 12.7 Å². The van der Waals surface area contributed by atoms with Gasteiger partial charge in [0, 0.05) is 19.6 Å². The van der Waals surface area contributed by atoms with Crippen LogP contribution in [0.3, 0.4) is 0 Å². The Balaban J connectivity index is 1.65. The Bertz CT molecular complexity index is 1300. The Hall–Kier alpha value is -3.51. The highest BCUT2D eigenvalue weighted by atomic mass is 19.4. The minimum atomic E-state index is -5.03. The topological polar surface area (TPSA) is 61.9 Å². The number of benzene rings is 2. The Morgan fingerprint density at radius 3 is 2.00 bits per heavy atom. The number of carbonyl (C=O) groups is 2. The number of alkyl halides is 6. The van der Waals surface area contributed by atoms with Crippen molar-refractivity contribution in [2.75, 3.05) is 19.6 Å². The van der Waals surface area contributed by atoms with Crippen LogP contribution in [0.25, 0.3) is 0 Å². The Morgan fingerprint density at radius 1 is 0.927 bits per heavy atom.